The lowest BCUT2D eigenvalue weighted by atomic mass is 10.2. The standard InChI is InChI=1S/C14H19F3N2O2/c15-14(16,17)10-21-12-7-4-3-6-11(12)19-13(20)8-2-1-5-9-18/h3-4,6-7H,1-2,5,8-10,18H2,(H,19,20). The first-order chi connectivity index (χ1) is 9.92. The number of hydrogen-bond donors (Lipinski definition) is 2. The second-order valence-electron chi connectivity index (χ2n) is 4.55. The lowest BCUT2D eigenvalue weighted by Crippen LogP contribution is -2.20. The van der Waals surface area contributed by atoms with Gasteiger partial charge in [0.15, 0.2) is 6.61 Å². The molecule has 0 aliphatic rings. The topological polar surface area (TPSA) is 64.4 Å². The van der Waals surface area contributed by atoms with Crippen LogP contribution in [0, 0.1) is 0 Å². The minimum Gasteiger partial charge on any atom is -0.482 e. The highest BCUT2D eigenvalue weighted by Crippen LogP contribution is 2.26. The molecule has 0 fully saturated rings. The third-order valence-corrected chi connectivity index (χ3v) is 2.66. The van der Waals surface area contributed by atoms with Gasteiger partial charge >= 0.3 is 6.18 Å². The summed E-state index contributed by atoms with van der Waals surface area (Å²) < 4.78 is 41.1. The number of carbonyl (C=O) groups is 1. The average Bonchev–Trinajstić information content (AvgIpc) is 2.42. The summed E-state index contributed by atoms with van der Waals surface area (Å²) in [6.45, 7) is -0.813. The van der Waals surface area contributed by atoms with Crippen LogP contribution in [0.4, 0.5) is 18.9 Å². The van der Waals surface area contributed by atoms with E-state index in [-0.39, 0.29) is 17.3 Å². The molecule has 0 heterocycles. The summed E-state index contributed by atoms with van der Waals surface area (Å²) >= 11 is 0. The zero-order chi connectivity index (χ0) is 15.7. The van der Waals surface area contributed by atoms with E-state index < -0.39 is 12.8 Å². The SMILES string of the molecule is NCCCCCC(=O)Nc1ccccc1OCC(F)(F)F. The molecule has 0 aliphatic carbocycles. The lowest BCUT2D eigenvalue weighted by Gasteiger charge is -2.13. The normalized spacial score (nSPS) is 11.2. The molecule has 0 radical (unpaired) electrons. The number of ether oxygens (including phenoxy) is 1. The zero-order valence-electron chi connectivity index (χ0n) is 11.6. The molecule has 21 heavy (non-hydrogen) atoms. The molecule has 4 nitrogen and oxygen atoms in total. The fourth-order valence-electron chi connectivity index (χ4n) is 1.67. The van der Waals surface area contributed by atoms with Gasteiger partial charge in [0.25, 0.3) is 0 Å². The minimum absolute atomic E-state index is 0.00475. The van der Waals surface area contributed by atoms with Crippen molar-refractivity contribution in [2.45, 2.75) is 31.9 Å². The van der Waals surface area contributed by atoms with E-state index in [4.69, 9.17) is 5.73 Å². The van der Waals surface area contributed by atoms with Crippen LogP contribution in [-0.2, 0) is 4.79 Å². The van der Waals surface area contributed by atoms with Crippen molar-refractivity contribution in [1.82, 2.24) is 0 Å². The molecule has 3 N–H and O–H groups in total. The Morgan fingerprint density at radius 2 is 1.90 bits per heavy atom. The Morgan fingerprint density at radius 3 is 2.57 bits per heavy atom. The van der Waals surface area contributed by atoms with E-state index in [1.807, 2.05) is 0 Å². The Bertz CT molecular complexity index is 450. The second-order valence-corrected chi connectivity index (χ2v) is 4.55. The first kappa shape index (κ1) is 17.3. The van der Waals surface area contributed by atoms with Crippen molar-refractivity contribution in [1.29, 1.82) is 0 Å². The highest BCUT2D eigenvalue weighted by molar-refractivity contribution is 5.92. The van der Waals surface area contributed by atoms with Crippen molar-refractivity contribution in [3.05, 3.63) is 24.3 Å². The average molecular weight is 304 g/mol. The van der Waals surface area contributed by atoms with Gasteiger partial charge in [-0.2, -0.15) is 13.2 Å². The fourth-order valence-corrected chi connectivity index (χ4v) is 1.67. The largest absolute Gasteiger partial charge is 0.482 e. The van der Waals surface area contributed by atoms with E-state index in [1.165, 1.54) is 12.1 Å². The third-order valence-electron chi connectivity index (χ3n) is 2.66. The smallest absolute Gasteiger partial charge is 0.422 e. The minimum atomic E-state index is -4.42. The molecule has 0 unspecified atom stereocenters. The van der Waals surface area contributed by atoms with Crippen LogP contribution in [0.25, 0.3) is 0 Å². The number of benzene rings is 1. The van der Waals surface area contributed by atoms with Gasteiger partial charge < -0.3 is 15.8 Å². The number of nitrogens with one attached hydrogen (secondary N) is 1. The summed E-state index contributed by atoms with van der Waals surface area (Å²) in [7, 11) is 0. The molecule has 0 aromatic heterocycles. The molecule has 0 bridgehead atoms. The zero-order valence-corrected chi connectivity index (χ0v) is 11.6. The summed E-state index contributed by atoms with van der Waals surface area (Å²) in [6, 6.07) is 6.05. The highest BCUT2D eigenvalue weighted by Gasteiger charge is 2.28. The van der Waals surface area contributed by atoms with Gasteiger partial charge in [0.1, 0.15) is 5.75 Å². The molecule has 7 heteroatoms. The van der Waals surface area contributed by atoms with Crippen molar-refractivity contribution in [3.8, 4) is 5.75 Å². The van der Waals surface area contributed by atoms with Gasteiger partial charge in [0, 0.05) is 6.42 Å². The molecular weight excluding hydrogens is 285 g/mol. The number of unbranched alkanes of at least 4 members (excludes halogenated alkanes) is 2. The molecule has 0 atom stereocenters. The van der Waals surface area contributed by atoms with E-state index in [0.29, 0.717) is 19.4 Å². The Kier molecular flexibility index (Phi) is 7.01. The molecule has 1 aromatic carbocycles. The Balaban J connectivity index is 2.52. The third kappa shape index (κ3) is 7.55. The van der Waals surface area contributed by atoms with E-state index in [1.54, 1.807) is 12.1 Å². The van der Waals surface area contributed by atoms with Crippen molar-refractivity contribution in [3.63, 3.8) is 0 Å². The predicted molar refractivity (Wildman–Crippen MR) is 74.1 cm³/mol. The monoisotopic (exact) mass is 304 g/mol. The first-order valence-corrected chi connectivity index (χ1v) is 6.71. The van der Waals surface area contributed by atoms with Gasteiger partial charge in [-0.3, -0.25) is 4.79 Å². The molecule has 0 spiro atoms. The number of rotatable bonds is 8. The molecule has 1 aromatic rings. The maximum atomic E-state index is 12.2. The summed E-state index contributed by atoms with van der Waals surface area (Å²) in [5.41, 5.74) is 5.59. The maximum absolute atomic E-state index is 12.2. The van der Waals surface area contributed by atoms with Crippen molar-refractivity contribution in [2.75, 3.05) is 18.5 Å². The van der Waals surface area contributed by atoms with Gasteiger partial charge in [-0.05, 0) is 31.5 Å². The number of amides is 1. The van der Waals surface area contributed by atoms with E-state index in [9.17, 15) is 18.0 Å². The van der Waals surface area contributed by atoms with Crippen molar-refractivity contribution in [2.24, 2.45) is 5.73 Å². The lowest BCUT2D eigenvalue weighted by molar-refractivity contribution is -0.153. The van der Waals surface area contributed by atoms with Gasteiger partial charge in [-0.15, -0.1) is 0 Å². The van der Waals surface area contributed by atoms with Crippen LogP contribution in [0.3, 0.4) is 0 Å². The van der Waals surface area contributed by atoms with Crippen molar-refractivity contribution >= 4 is 11.6 Å². The van der Waals surface area contributed by atoms with E-state index >= 15 is 0 Å². The number of carbonyl (C=O) groups excluding carboxylic acids is 1. The Hall–Kier alpha value is -1.76. The summed E-state index contributed by atoms with van der Waals surface area (Å²) in [5, 5.41) is 2.56. The summed E-state index contributed by atoms with van der Waals surface area (Å²) in [5.74, 6) is -0.250. The maximum Gasteiger partial charge on any atom is 0.422 e. The molecule has 0 aliphatic heterocycles. The fraction of sp³-hybridized carbons (Fsp3) is 0.500. The van der Waals surface area contributed by atoms with Crippen molar-refractivity contribution < 1.29 is 22.7 Å². The number of halogens is 3. The quantitative estimate of drug-likeness (QED) is 0.725. The van der Waals surface area contributed by atoms with Gasteiger partial charge in [0.05, 0.1) is 5.69 Å². The van der Waals surface area contributed by atoms with Crippen LogP contribution in [0.1, 0.15) is 25.7 Å². The molecule has 0 saturated heterocycles. The van der Waals surface area contributed by atoms with Gasteiger partial charge in [-0.25, -0.2) is 0 Å². The van der Waals surface area contributed by atoms with Gasteiger partial charge in [-0.1, -0.05) is 18.6 Å². The van der Waals surface area contributed by atoms with Crippen LogP contribution in [0.5, 0.6) is 5.75 Å². The first-order valence-electron chi connectivity index (χ1n) is 6.71. The molecule has 118 valence electrons. The molecule has 1 rings (SSSR count). The van der Waals surface area contributed by atoms with Crippen LogP contribution in [0.2, 0.25) is 0 Å². The highest BCUT2D eigenvalue weighted by atomic mass is 19.4. The number of para-hydroxylation sites is 2. The Labute approximate surface area is 121 Å². The second kappa shape index (κ2) is 8.51. The van der Waals surface area contributed by atoms with Crippen LogP contribution in [0.15, 0.2) is 24.3 Å². The summed E-state index contributed by atoms with van der Waals surface area (Å²) in [4.78, 5) is 11.7. The number of anilines is 1. The predicted octanol–water partition coefficient (Wildman–Crippen LogP) is 3.09. The van der Waals surface area contributed by atoms with Gasteiger partial charge in [0.2, 0.25) is 5.91 Å². The van der Waals surface area contributed by atoms with Crippen LogP contribution < -0.4 is 15.8 Å². The number of nitrogens with two attached hydrogens (primary N) is 1. The molecule has 1 amide bonds. The van der Waals surface area contributed by atoms with Crippen LogP contribution in [-0.4, -0.2) is 25.2 Å². The molecule has 0 saturated carbocycles. The Morgan fingerprint density at radius 1 is 1.19 bits per heavy atom. The molecular formula is C14H19F3N2O2. The number of hydrogen-bond acceptors (Lipinski definition) is 3. The van der Waals surface area contributed by atoms with Crippen LogP contribution >= 0.6 is 0 Å². The van der Waals surface area contributed by atoms with E-state index in [0.717, 1.165) is 12.8 Å². The van der Waals surface area contributed by atoms with E-state index in [2.05, 4.69) is 10.1 Å². The summed E-state index contributed by atoms with van der Waals surface area (Å²) in [6.07, 6.45) is -1.74. The number of alkyl halides is 3.